The van der Waals surface area contributed by atoms with Gasteiger partial charge >= 0.3 is 0 Å². The summed E-state index contributed by atoms with van der Waals surface area (Å²) in [6.07, 6.45) is 5.78. The lowest BCUT2D eigenvalue weighted by Crippen LogP contribution is -2.36. The van der Waals surface area contributed by atoms with Gasteiger partial charge in [0.05, 0.1) is 0 Å². The molecule has 0 bridgehead atoms. The van der Waals surface area contributed by atoms with Crippen LogP contribution in [0.4, 0.5) is 0 Å². The summed E-state index contributed by atoms with van der Waals surface area (Å²) in [5.74, 6) is 0.980. The minimum Gasteiger partial charge on any atom is -0.241 e. The predicted molar refractivity (Wildman–Crippen MR) is 51.1 cm³/mol. The molecular formula is C8H14IN. The number of rotatable bonds is 0. The Morgan fingerprint density at radius 1 is 1.50 bits per heavy atom. The molecule has 2 heteroatoms. The lowest BCUT2D eigenvalue weighted by Gasteiger charge is -2.34. The first-order valence-electron chi connectivity index (χ1n) is 4.16. The summed E-state index contributed by atoms with van der Waals surface area (Å²) < 4.78 is 2.55. The van der Waals surface area contributed by atoms with Gasteiger partial charge in [-0.1, -0.05) is 6.92 Å². The summed E-state index contributed by atoms with van der Waals surface area (Å²) in [6, 6.07) is 0. The van der Waals surface area contributed by atoms with Crippen molar-refractivity contribution in [1.82, 2.24) is 3.11 Å². The number of piperidine rings is 1. The average Bonchev–Trinajstić information content (AvgIpc) is 2.62. The molecule has 1 nitrogen and oxygen atoms in total. The molecule has 1 spiro atoms. The summed E-state index contributed by atoms with van der Waals surface area (Å²) in [7, 11) is 0. The fourth-order valence-electron chi connectivity index (χ4n) is 2.01. The van der Waals surface area contributed by atoms with Crippen LogP contribution in [-0.2, 0) is 0 Å². The van der Waals surface area contributed by atoms with Crippen LogP contribution in [0.25, 0.3) is 0 Å². The maximum atomic E-state index is 2.55. The van der Waals surface area contributed by atoms with Crippen LogP contribution in [0.1, 0.15) is 32.6 Å². The van der Waals surface area contributed by atoms with Crippen molar-refractivity contribution in [1.29, 1.82) is 0 Å². The predicted octanol–water partition coefficient (Wildman–Crippen LogP) is 2.60. The molecule has 1 heterocycles. The number of halogens is 1. The van der Waals surface area contributed by atoms with Crippen LogP contribution < -0.4 is 0 Å². The first kappa shape index (κ1) is 7.35. The van der Waals surface area contributed by atoms with Crippen molar-refractivity contribution in [3.05, 3.63) is 0 Å². The van der Waals surface area contributed by atoms with E-state index >= 15 is 0 Å². The van der Waals surface area contributed by atoms with Gasteiger partial charge in [-0.15, -0.1) is 0 Å². The third-order valence-corrected chi connectivity index (χ3v) is 4.39. The zero-order valence-electron chi connectivity index (χ0n) is 6.44. The molecule has 0 N–H and O–H groups in total. The second kappa shape index (κ2) is 2.34. The first-order valence-corrected chi connectivity index (χ1v) is 5.13. The van der Waals surface area contributed by atoms with E-state index in [4.69, 9.17) is 0 Å². The van der Waals surface area contributed by atoms with Crippen molar-refractivity contribution in [2.45, 2.75) is 38.1 Å². The lowest BCUT2D eigenvalue weighted by molar-refractivity contribution is 0.222. The SMILES string of the molecule is CC1CCN(I)C2(CC2)C1. The van der Waals surface area contributed by atoms with Crippen molar-refractivity contribution < 1.29 is 0 Å². The molecule has 0 aromatic heterocycles. The van der Waals surface area contributed by atoms with Gasteiger partial charge in [-0.2, -0.15) is 0 Å². The van der Waals surface area contributed by atoms with E-state index in [2.05, 4.69) is 32.9 Å². The summed E-state index contributed by atoms with van der Waals surface area (Å²) in [4.78, 5) is 0. The first-order chi connectivity index (χ1) is 4.73. The number of nitrogens with zero attached hydrogens (tertiary/aromatic N) is 1. The van der Waals surface area contributed by atoms with E-state index < -0.39 is 0 Å². The van der Waals surface area contributed by atoms with Gasteiger partial charge in [-0.25, -0.2) is 3.11 Å². The number of hydrogen-bond donors (Lipinski definition) is 0. The summed E-state index contributed by atoms with van der Waals surface area (Å²) in [5, 5.41) is 0. The maximum Gasteiger partial charge on any atom is 0.0309 e. The fourth-order valence-corrected chi connectivity index (χ4v) is 2.97. The maximum absolute atomic E-state index is 2.55. The lowest BCUT2D eigenvalue weighted by atomic mass is 9.93. The summed E-state index contributed by atoms with van der Waals surface area (Å²) in [6.45, 7) is 3.71. The molecule has 1 saturated carbocycles. The highest BCUT2D eigenvalue weighted by Gasteiger charge is 2.49. The van der Waals surface area contributed by atoms with Gasteiger partial charge < -0.3 is 0 Å². The molecule has 0 aromatic carbocycles. The van der Waals surface area contributed by atoms with Gasteiger partial charge in [0.2, 0.25) is 0 Å². The van der Waals surface area contributed by atoms with Gasteiger partial charge in [0.15, 0.2) is 0 Å². The van der Waals surface area contributed by atoms with E-state index in [1.807, 2.05) is 0 Å². The third kappa shape index (κ3) is 1.09. The molecule has 2 fully saturated rings. The molecule has 10 heavy (non-hydrogen) atoms. The van der Waals surface area contributed by atoms with Crippen LogP contribution in [0, 0.1) is 5.92 Å². The second-order valence-corrected chi connectivity index (χ2v) is 5.07. The van der Waals surface area contributed by atoms with Gasteiger partial charge in [0.1, 0.15) is 0 Å². The fraction of sp³-hybridized carbons (Fsp3) is 1.00. The molecule has 58 valence electrons. The Morgan fingerprint density at radius 3 is 2.70 bits per heavy atom. The Bertz CT molecular complexity index is 142. The van der Waals surface area contributed by atoms with E-state index in [9.17, 15) is 0 Å². The minimum atomic E-state index is 0.679. The standard InChI is InChI=1S/C8H14IN/c1-7-2-5-10(9)8(6-7)3-4-8/h7H,2-6H2,1H3. The Morgan fingerprint density at radius 2 is 2.20 bits per heavy atom. The van der Waals surface area contributed by atoms with Crippen LogP contribution in [0.15, 0.2) is 0 Å². The molecule has 2 rings (SSSR count). The van der Waals surface area contributed by atoms with E-state index in [0.717, 1.165) is 5.92 Å². The molecule has 1 saturated heterocycles. The Kier molecular flexibility index (Phi) is 1.72. The molecule has 0 amide bonds. The van der Waals surface area contributed by atoms with Crippen LogP contribution in [0.2, 0.25) is 0 Å². The molecule has 1 aliphatic heterocycles. The van der Waals surface area contributed by atoms with Crippen molar-refractivity contribution in [3.8, 4) is 0 Å². The van der Waals surface area contributed by atoms with Crippen LogP contribution >= 0.6 is 22.9 Å². The largest absolute Gasteiger partial charge is 0.241 e. The third-order valence-electron chi connectivity index (χ3n) is 2.89. The van der Waals surface area contributed by atoms with E-state index in [1.165, 1.54) is 32.2 Å². The Hall–Kier alpha value is 0.690. The molecule has 0 aromatic rings. The quantitative estimate of drug-likeness (QED) is 0.472. The zero-order valence-corrected chi connectivity index (χ0v) is 8.60. The van der Waals surface area contributed by atoms with E-state index in [0.29, 0.717) is 5.54 Å². The number of hydrogen-bond acceptors (Lipinski definition) is 1. The summed E-state index contributed by atoms with van der Waals surface area (Å²) in [5.41, 5.74) is 0.679. The van der Waals surface area contributed by atoms with Gasteiger partial charge in [0, 0.05) is 34.9 Å². The van der Waals surface area contributed by atoms with Crippen molar-refractivity contribution in [3.63, 3.8) is 0 Å². The van der Waals surface area contributed by atoms with Crippen molar-refractivity contribution in [2.75, 3.05) is 6.54 Å². The topological polar surface area (TPSA) is 3.24 Å². The molecule has 1 atom stereocenters. The highest BCUT2D eigenvalue weighted by atomic mass is 127. The molecule has 0 radical (unpaired) electrons. The molecule has 1 aliphatic carbocycles. The van der Waals surface area contributed by atoms with Crippen LogP contribution in [-0.4, -0.2) is 15.2 Å². The second-order valence-electron chi connectivity index (χ2n) is 3.91. The highest BCUT2D eigenvalue weighted by molar-refractivity contribution is 14.1. The van der Waals surface area contributed by atoms with Gasteiger partial charge in [-0.3, -0.25) is 0 Å². The minimum absolute atomic E-state index is 0.679. The van der Waals surface area contributed by atoms with E-state index in [-0.39, 0.29) is 0 Å². The normalized spacial score (nSPS) is 38.4. The summed E-state index contributed by atoms with van der Waals surface area (Å²) >= 11 is 2.51. The molecule has 1 unspecified atom stereocenters. The average molecular weight is 251 g/mol. The van der Waals surface area contributed by atoms with E-state index in [1.54, 1.807) is 0 Å². The Balaban J connectivity index is 2.03. The molecular weight excluding hydrogens is 237 g/mol. The highest BCUT2D eigenvalue weighted by Crippen LogP contribution is 2.51. The zero-order chi connectivity index (χ0) is 7.19. The van der Waals surface area contributed by atoms with Crippen molar-refractivity contribution in [2.24, 2.45) is 5.92 Å². The monoisotopic (exact) mass is 251 g/mol. The van der Waals surface area contributed by atoms with Gasteiger partial charge in [-0.05, 0) is 31.6 Å². The molecule has 2 aliphatic rings. The Labute approximate surface area is 76.7 Å². The van der Waals surface area contributed by atoms with Crippen LogP contribution in [0.3, 0.4) is 0 Å². The van der Waals surface area contributed by atoms with Gasteiger partial charge in [0.25, 0.3) is 0 Å². The van der Waals surface area contributed by atoms with Crippen LogP contribution in [0.5, 0.6) is 0 Å². The van der Waals surface area contributed by atoms with Crippen molar-refractivity contribution >= 4 is 22.9 Å². The smallest absolute Gasteiger partial charge is 0.0309 e.